The van der Waals surface area contributed by atoms with E-state index in [0.29, 0.717) is 5.75 Å². The first-order valence-electron chi connectivity index (χ1n) is 6.24. The zero-order valence-electron chi connectivity index (χ0n) is 11.8. The van der Waals surface area contributed by atoms with Crippen LogP contribution >= 0.6 is 0 Å². The molecule has 1 aromatic rings. The molecule has 3 nitrogen and oxygen atoms in total. The van der Waals surface area contributed by atoms with Crippen LogP contribution in [0.3, 0.4) is 0 Å². The quantitative estimate of drug-likeness (QED) is 0.869. The van der Waals surface area contributed by atoms with Crippen LogP contribution in [0, 0.1) is 0 Å². The Balaban J connectivity index is 3.30. The molecule has 1 aromatic carbocycles. The van der Waals surface area contributed by atoms with Gasteiger partial charge in [0.2, 0.25) is 0 Å². The van der Waals surface area contributed by atoms with Crippen molar-refractivity contribution in [3.05, 3.63) is 29.3 Å². The van der Waals surface area contributed by atoms with E-state index in [1.165, 1.54) is 0 Å². The summed E-state index contributed by atoms with van der Waals surface area (Å²) in [5.41, 5.74) is 1.93. The number of hydrogen-bond acceptors (Lipinski definition) is 2. The van der Waals surface area contributed by atoms with Crippen LogP contribution in [-0.2, 0) is 10.2 Å². The van der Waals surface area contributed by atoms with Gasteiger partial charge in [0.25, 0.3) is 0 Å². The van der Waals surface area contributed by atoms with E-state index in [9.17, 15) is 4.79 Å². The molecule has 0 bridgehead atoms. The highest BCUT2D eigenvalue weighted by Crippen LogP contribution is 2.34. The molecule has 1 N–H and O–H groups in total. The minimum atomic E-state index is -0.834. The Morgan fingerprint density at radius 2 is 2.06 bits per heavy atom. The van der Waals surface area contributed by atoms with Crippen LogP contribution in [0.25, 0.3) is 0 Å². The predicted octanol–water partition coefficient (Wildman–Crippen LogP) is 3.57. The molecule has 0 aromatic heterocycles. The molecule has 0 amide bonds. The van der Waals surface area contributed by atoms with Gasteiger partial charge in [-0.3, -0.25) is 4.79 Å². The van der Waals surface area contributed by atoms with Crippen molar-refractivity contribution < 1.29 is 14.6 Å². The smallest absolute Gasteiger partial charge is 0.310 e. The van der Waals surface area contributed by atoms with Gasteiger partial charge in [-0.2, -0.15) is 0 Å². The van der Waals surface area contributed by atoms with Gasteiger partial charge in [0.05, 0.1) is 13.0 Å². The summed E-state index contributed by atoms with van der Waals surface area (Å²) >= 11 is 0. The van der Waals surface area contributed by atoms with Crippen LogP contribution in [0.2, 0.25) is 0 Å². The molecule has 1 unspecified atom stereocenters. The van der Waals surface area contributed by atoms with Crippen molar-refractivity contribution in [2.24, 2.45) is 0 Å². The van der Waals surface area contributed by atoms with E-state index in [1.54, 1.807) is 14.0 Å². The average Bonchev–Trinajstić information content (AvgIpc) is 2.36. The number of methoxy groups -OCH3 is 1. The van der Waals surface area contributed by atoms with E-state index < -0.39 is 11.9 Å². The Hall–Kier alpha value is -1.51. The standard InChI is InChI=1S/C15H22O3/c1-6-15(3,4)11-7-8-13(18-5)12(9-11)10(2)14(16)17/h7-10H,6H2,1-5H3,(H,16,17). The predicted molar refractivity (Wildman–Crippen MR) is 72.4 cm³/mol. The van der Waals surface area contributed by atoms with Gasteiger partial charge in [0.15, 0.2) is 0 Å². The zero-order chi connectivity index (χ0) is 13.9. The lowest BCUT2D eigenvalue weighted by atomic mass is 9.80. The van der Waals surface area contributed by atoms with E-state index in [1.807, 2.05) is 18.2 Å². The highest BCUT2D eigenvalue weighted by molar-refractivity contribution is 5.76. The molecule has 0 spiro atoms. The minimum Gasteiger partial charge on any atom is -0.496 e. The summed E-state index contributed by atoms with van der Waals surface area (Å²) in [4.78, 5) is 11.1. The Morgan fingerprint density at radius 3 is 2.50 bits per heavy atom. The fraction of sp³-hybridized carbons (Fsp3) is 0.533. The SMILES string of the molecule is CCC(C)(C)c1ccc(OC)c(C(C)C(=O)O)c1. The Morgan fingerprint density at radius 1 is 1.44 bits per heavy atom. The monoisotopic (exact) mass is 250 g/mol. The molecule has 0 saturated carbocycles. The molecule has 0 aliphatic rings. The van der Waals surface area contributed by atoms with Crippen molar-refractivity contribution in [3.63, 3.8) is 0 Å². The maximum Gasteiger partial charge on any atom is 0.310 e. The molecular weight excluding hydrogens is 228 g/mol. The maximum atomic E-state index is 11.1. The largest absolute Gasteiger partial charge is 0.496 e. The number of carboxylic acids is 1. The van der Waals surface area contributed by atoms with Gasteiger partial charge < -0.3 is 9.84 Å². The first kappa shape index (κ1) is 14.6. The lowest BCUT2D eigenvalue weighted by Gasteiger charge is -2.25. The second-order valence-corrected chi connectivity index (χ2v) is 5.25. The van der Waals surface area contributed by atoms with Crippen LogP contribution in [0.5, 0.6) is 5.75 Å². The summed E-state index contributed by atoms with van der Waals surface area (Å²) in [6, 6.07) is 5.84. The third kappa shape index (κ3) is 2.84. The summed E-state index contributed by atoms with van der Waals surface area (Å²) in [5.74, 6) is -0.757. The maximum absolute atomic E-state index is 11.1. The van der Waals surface area contributed by atoms with E-state index in [2.05, 4.69) is 20.8 Å². The first-order chi connectivity index (χ1) is 8.33. The van der Waals surface area contributed by atoms with Crippen molar-refractivity contribution >= 4 is 5.97 Å². The van der Waals surface area contributed by atoms with Crippen LogP contribution in [0.15, 0.2) is 18.2 Å². The number of rotatable bonds is 5. The lowest BCUT2D eigenvalue weighted by Crippen LogP contribution is -2.17. The molecule has 0 fully saturated rings. The van der Waals surface area contributed by atoms with Crippen molar-refractivity contribution in [2.75, 3.05) is 7.11 Å². The third-order valence-corrected chi connectivity index (χ3v) is 3.73. The minimum absolute atomic E-state index is 0.0409. The number of carboxylic acid groups (broad SMARTS) is 1. The molecule has 18 heavy (non-hydrogen) atoms. The number of ether oxygens (including phenoxy) is 1. The van der Waals surface area contributed by atoms with Crippen LogP contribution < -0.4 is 4.74 Å². The topological polar surface area (TPSA) is 46.5 Å². The van der Waals surface area contributed by atoms with Crippen LogP contribution in [-0.4, -0.2) is 18.2 Å². The van der Waals surface area contributed by atoms with Gasteiger partial charge in [-0.15, -0.1) is 0 Å². The Labute approximate surface area is 109 Å². The fourth-order valence-electron chi connectivity index (χ4n) is 1.83. The van der Waals surface area contributed by atoms with Gasteiger partial charge in [0.1, 0.15) is 5.75 Å². The van der Waals surface area contributed by atoms with Crippen LogP contribution in [0.1, 0.15) is 51.2 Å². The summed E-state index contributed by atoms with van der Waals surface area (Å²) in [6.45, 7) is 8.13. The summed E-state index contributed by atoms with van der Waals surface area (Å²) in [6.07, 6.45) is 1.00. The number of hydrogen-bond donors (Lipinski definition) is 1. The number of benzene rings is 1. The highest BCUT2D eigenvalue weighted by atomic mass is 16.5. The van der Waals surface area contributed by atoms with E-state index in [0.717, 1.165) is 17.5 Å². The molecule has 1 rings (SSSR count). The van der Waals surface area contributed by atoms with Gasteiger partial charge in [0, 0.05) is 5.56 Å². The first-order valence-corrected chi connectivity index (χ1v) is 6.24. The van der Waals surface area contributed by atoms with Crippen molar-refractivity contribution in [1.29, 1.82) is 0 Å². The van der Waals surface area contributed by atoms with E-state index >= 15 is 0 Å². The number of aliphatic carboxylic acids is 1. The summed E-state index contributed by atoms with van der Waals surface area (Å²) in [7, 11) is 1.57. The zero-order valence-corrected chi connectivity index (χ0v) is 11.8. The van der Waals surface area contributed by atoms with Crippen molar-refractivity contribution in [3.8, 4) is 5.75 Å². The van der Waals surface area contributed by atoms with E-state index in [4.69, 9.17) is 9.84 Å². The third-order valence-electron chi connectivity index (χ3n) is 3.73. The highest BCUT2D eigenvalue weighted by Gasteiger charge is 2.23. The molecule has 0 aliphatic carbocycles. The average molecular weight is 250 g/mol. The van der Waals surface area contributed by atoms with Crippen molar-refractivity contribution in [2.45, 2.75) is 45.4 Å². The second-order valence-electron chi connectivity index (χ2n) is 5.25. The van der Waals surface area contributed by atoms with Crippen LogP contribution in [0.4, 0.5) is 0 Å². The molecule has 0 aliphatic heterocycles. The molecule has 0 saturated heterocycles. The molecule has 1 atom stereocenters. The fourth-order valence-corrected chi connectivity index (χ4v) is 1.83. The summed E-state index contributed by atoms with van der Waals surface area (Å²) < 4.78 is 5.25. The summed E-state index contributed by atoms with van der Waals surface area (Å²) in [5, 5.41) is 9.15. The van der Waals surface area contributed by atoms with Gasteiger partial charge >= 0.3 is 5.97 Å². The van der Waals surface area contributed by atoms with Gasteiger partial charge in [-0.1, -0.05) is 32.9 Å². The Kier molecular flexibility index (Phi) is 4.38. The van der Waals surface area contributed by atoms with E-state index in [-0.39, 0.29) is 5.41 Å². The Bertz CT molecular complexity index is 435. The second kappa shape index (κ2) is 5.42. The van der Waals surface area contributed by atoms with Gasteiger partial charge in [-0.25, -0.2) is 0 Å². The van der Waals surface area contributed by atoms with Crippen molar-refractivity contribution in [1.82, 2.24) is 0 Å². The normalized spacial score (nSPS) is 13.2. The molecule has 100 valence electrons. The molecular formula is C15H22O3. The molecule has 3 heteroatoms. The molecule has 0 heterocycles. The lowest BCUT2D eigenvalue weighted by molar-refractivity contribution is -0.138. The number of carbonyl (C=O) groups is 1. The molecule has 0 radical (unpaired) electrons. The van der Waals surface area contributed by atoms with Gasteiger partial charge in [-0.05, 0) is 30.4 Å².